The predicted octanol–water partition coefficient (Wildman–Crippen LogP) is 2.99. The van der Waals surface area contributed by atoms with Gasteiger partial charge in [-0.2, -0.15) is 0 Å². The number of quaternary nitrogens is 1. The number of rotatable bonds is 7. The Morgan fingerprint density at radius 3 is 2.78 bits per heavy atom. The van der Waals surface area contributed by atoms with Gasteiger partial charge in [0.15, 0.2) is 0 Å². The highest BCUT2D eigenvalue weighted by Gasteiger charge is 2.30. The molecule has 2 atom stereocenters. The average Bonchev–Trinajstić information content (AvgIpc) is 2.80. The van der Waals surface area contributed by atoms with Crippen molar-refractivity contribution in [2.45, 2.75) is 31.1 Å². The van der Waals surface area contributed by atoms with Crippen molar-refractivity contribution in [3.05, 3.63) is 65.1 Å². The summed E-state index contributed by atoms with van der Waals surface area (Å²) in [5, 5.41) is 3.02. The van der Waals surface area contributed by atoms with E-state index in [0.29, 0.717) is 11.4 Å². The van der Waals surface area contributed by atoms with E-state index in [2.05, 4.69) is 12.2 Å². The van der Waals surface area contributed by atoms with Gasteiger partial charge in [0.1, 0.15) is 6.54 Å². The molecule has 4 rings (SSSR count). The molecule has 2 unspecified atom stereocenters. The van der Waals surface area contributed by atoms with Crippen molar-refractivity contribution >= 4 is 35.3 Å². The van der Waals surface area contributed by atoms with Gasteiger partial charge in [-0.15, -0.1) is 0 Å². The van der Waals surface area contributed by atoms with Crippen molar-refractivity contribution in [3.8, 4) is 0 Å². The van der Waals surface area contributed by atoms with Crippen LogP contribution in [0.3, 0.4) is 0 Å². The molecule has 32 heavy (non-hydrogen) atoms. The lowest BCUT2D eigenvalue weighted by atomic mass is 10.0. The molecule has 2 aromatic rings. The molecule has 2 N–H and O–H groups in total. The Morgan fingerprint density at radius 1 is 1.19 bits per heavy atom. The summed E-state index contributed by atoms with van der Waals surface area (Å²) in [6.07, 6.45) is 5.50. The zero-order valence-electron chi connectivity index (χ0n) is 18.7. The number of carbonyl (C=O) groups is 2. The van der Waals surface area contributed by atoms with Gasteiger partial charge in [0.25, 0.3) is 5.91 Å². The van der Waals surface area contributed by atoms with Crippen LogP contribution in [-0.4, -0.2) is 44.5 Å². The number of likely N-dealkylation sites (tertiary alicyclic amines) is 1. The number of nitrogens with zero attached hydrogens (tertiary/aromatic N) is 1. The Morgan fingerprint density at radius 2 is 1.97 bits per heavy atom. The van der Waals surface area contributed by atoms with E-state index in [9.17, 15) is 9.59 Å². The maximum Gasteiger partial charge on any atom is 0.265 e. The normalized spacial score (nSPS) is 22.0. The number of anilines is 1. The van der Waals surface area contributed by atoms with Crippen LogP contribution in [0.25, 0.3) is 6.08 Å². The van der Waals surface area contributed by atoms with Gasteiger partial charge in [0, 0.05) is 23.8 Å². The van der Waals surface area contributed by atoms with E-state index in [4.69, 9.17) is 0 Å². The van der Waals surface area contributed by atoms with E-state index in [0.717, 1.165) is 35.0 Å². The molecule has 0 saturated carbocycles. The standard InChI is InChI=1S/C26H31N3O2S/c1-20-9-7-15-28(18-20)16-8-14-27-25(30)19-29-22-12-5-6-13-23(22)32-24(26(29)31)17-21-10-3-2-4-11-21/h2-6,10-13,17,20H,7-9,14-16,18-19H2,1H3,(H,27,30)/p+1. The van der Waals surface area contributed by atoms with E-state index in [1.807, 2.05) is 60.7 Å². The first-order valence-electron chi connectivity index (χ1n) is 11.6. The van der Waals surface area contributed by atoms with Gasteiger partial charge in [0.05, 0.1) is 30.2 Å². The third kappa shape index (κ3) is 5.81. The van der Waals surface area contributed by atoms with Crippen LogP contribution in [0.5, 0.6) is 0 Å². The monoisotopic (exact) mass is 450 g/mol. The van der Waals surface area contributed by atoms with E-state index < -0.39 is 0 Å². The molecule has 0 aromatic heterocycles. The van der Waals surface area contributed by atoms with E-state index >= 15 is 0 Å². The summed E-state index contributed by atoms with van der Waals surface area (Å²) in [7, 11) is 0. The second-order valence-corrected chi connectivity index (χ2v) is 9.87. The highest BCUT2D eigenvalue weighted by molar-refractivity contribution is 8.04. The Hall–Kier alpha value is -2.57. The summed E-state index contributed by atoms with van der Waals surface area (Å²) in [4.78, 5) is 30.8. The molecule has 168 valence electrons. The molecular formula is C26H32N3O2S+. The Balaban J connectivity index is 1.37. The van der Waals surface area contributed by atoms with Gasteiger partial charge in [-0.25, -0.2) is 0 Å². The van der Waals surface area contributed by atoms with Crippen LogP contribution in [0, 0.1) is 5.92 Å². The number of thioether (sulfide) groups is 1. The molecule has 2 amide bonds. The molecule has 0 spiro atoms. The lowest BCUT2D eigenvalue weighted by Crippen LogP contribution is -3.13. The minimum absolute atomic E-state index is 0.0378. The number of amides is 2. The fourth-order valence-corrected chi connectivity index (χ4v) is 5.57. The van der Waals surface area contributed by atoms with Crippen LogP contribution < -0.4 is 15.1 Å². The van der Waals surface area contributed by atoms with Crippen LogP contribution in [0.4, 0.5) is 5.69 Å². The highest BCUT2D eigenvalue weighted by Crippen LogP contribution is 2.41. The van der Waals surface area contributed by atoms with Gasteiger partial charge in [-0.1, -0.05) is 61.2 Å². The Bertz CT molecular complexity index is 976. The second-order valence-electron chi connectivity index (χ2n) is 8.79. The van der Waals surface area contributed by atoms with E-state index in [1.165, 1.54) is 37.7 Å². The first-order chi connectivity index (χ1) is 15.6. The number of para-hydroxylation sites is 1. The molecular weight excluding hydrogens is 418 g/mol. The fourth-order valence-electron chi connectivity index (χ4n) is 4.51. The van der Waals surface area contributed by atoms with Crippen LogP contribution in [0.1, 0.15) is 31.7 Å². The maximum absolute atomic E-state index is 13.2. The number of hydrogen-bond donors (Lipinski definition) is 2. The third-order valence-corrected chi connectivity index (χ3v) is 7.20. The van der Waals surface area contributed by atoms with Gasteiger partial charge in [0.2, 0.25) is 5.91 Å². The molecule has 1 saturated heterocycles. The van der Waals surface area contributed by atoms with Crippen LogP contribution in [-0.2, 0) is 9.59 Å². The molecule has 1 fully saturated rings. The van der Waals surface area contributed by atoms with Crippen molar-refractivity contribution in [1.29, 1.82) is 0 Å². The molecule has 5 nitrogen and oxygen atoms in total. The lowest BCUT2D eigenvalue weighted by Gasteiger charge is -2.30. The Labute approximate surface area is 194 Å². The number of hydrogen-bond acceptors (Lipinski definition) is 3. The first-order valence-corrected chi connectivity index (χ1v) is 12.4. The summed E-state index contributed by atoms with van der Waals surface area (Å²) in [6, 6.07) is 17.6. The van der Waals surface area contributed by atoms with Gasteiger partial charge in [-0.05, 0) is 36.6 Å². The molecule has 2 heterocycles. The third-order valence-electron chi connectivity index (χ3n) is 6.12. The summed E-state index contributed by atoms with van der Waals surface area (Å²) < 4.78 is 0. The molecule has 0 radical (unpaired) electrons. The van der Waals surface area contributed by atoms with Crippen LogP contribution >= 0.6 is 11.8 Å². The molecule has 0 aliphatic carbocycles. The Kier molecular flexibility index (Phi) is 7.66. The van der Waals surface area contributed by atoms with Crippen LogP contribution in [0.2, 0.25) is 0 Å². The number of nitrogens with one attached hydrogen (secondary N) is 2. The van der Waals surface area contributed by atoms with Gasteiger partial charge in [-0.3, -0.25) is 14.5 Å². The first kappa shape index (κ1) is 22.6. The lowest BCUT2D eigenvalue weighted by molar-refractivity contribution is -0.908. The van der Waals surface area contributed by atoms with Gasteiger partial charge >= 0.3 is 0 Å². The fraction of sp³-hybridized carbons (Fsp3) is 0.385. The largest absolute Gasteiger partial charge is 0.354 e. The van der Waals surface area contributed by atoms with Crippen LogP contribution in [0.15, 0.2) is 64.4 Å². The summed E-state index contributed by atoms with van der Waals surface area (Å²) in [5.41, 5.74) is 1.77. The highest BCUT2D eigenvalue weighted by atomic mass is 32.2. The van der Waals surface area contributed by atoms with Gasteiger partial charge < -0.3 is 10.2 Å². The molecule has 0 bridgehead atoms. The quantitative estimate of drug-likeness (QED) is 0.504. The summed E-state index contributed by atoms with van der Waals surface area (Å²) in [6.45, 7) is 6.59. The van der Waals surface area contributed by atoms with Crippen molar-refractivity contribution in [1.82, 2.24) is 5.32 Å². The number of benzene rings is 2. The molecule has 2 aromatic carbocycles. The smallest absolute Gasteiger partial charge is 0.265 e. The molecule has 6 heteroatoms. The number of carbonyl (C=O) groups excluding carboxylic acids is 2. The van der Waals surface area contributed by atoms with Crippen molar-refractivity contribution in [3.63, 3.8) is 0 Å². The van der Waals surface area contributed by atoms with Crippen molar-refractivity contribution < 1.29 is 14.5 Å². The SMILES string of the molecule is CC1CCC[NH+](CCCNC(=O)CN2C(=O)C(=Cc3ccccc3)Sc3ccccc32)C1. The average molecular weight is 451 g/mol. The van der Waals surface area contributed by atoms with Crippen molar-refractivity contribution in [2.24, 2.45) is 5.92 Å². The zero-order valence-corrected chi connectivity index (χ0v) is 19.5. The minimum Gasteiger partial charge on any atom is -0.354 e. The zero-order chi connectivity index (χ0) is 22.3. The number of piperidine rings is 1. The summed E-state index contributed by atoms with van der Waals surface area (Å²) in [5.74, 6) is 0.565. The summed E-state index contributed by atoms with van der Waals surface area (Å²) >= 11 is 1.46. The molecule has 2 aliphatic heterocycles. The van der Waals surface area contributed by atoms with Crippen molar-refractivity contribution in [2.75, 3.05) is 37.6 Å². The number of fused-ring (bicyclic) bond motifs is 1. The molecule has 2 aliphatic rings. The predicted molar refractivity (Wildman–Crippen MR) is 131 cm³/mol. The van der Waals surface area contributed by atoms with E-state index in [-0.39, 0.29) is 18.4 Å². The minimum atomic E-state index is -0.126. The topological polar surface area (TPSA) is 53.9 Å². The maximum atomic E-state index is 13.2. The second kappa shape index (κ2) is 10.8. The van der Waals surface area contributed by atoms with E-state index in [1.54, 1.807) is 9.80 Å².